The van der Waals surface area contributed by atoms with Crippen molar-refractivity contribution in [2.45, 2.75) is 6.92 Å². The van der Waals surface area contributed by atoms with Gasteiger partial charge in [0, 0.05) is 5.56 Å². The van der Waals surface area contributed by atoms with E-state index >= 15 is 0 Å². The van der Waals surface area contributed by atoms with Gasteiger partial charge in [0.15, 0.2) is 5.78 Å². The molecule has 3 rings (SSSR count). The summed E-state index contributed by atoms with van der Waals surface area (Å²) in [4.78, 5) is 12.5. The maximum Gasteiger partial charge on any atom is 0.185 e. The van der Waals surface area contributed by atoms with E-state index in [-0.39, 0.29) is 5.78 Å². The molecule has 0 saturated heterocycles. The van der Waals surface area contributed by atoms with E-state index in [4.69, 9.17) is 0 Å². The first kappa shape index (κ1) is 16.4. The molecule has 0 saturated carbocycles. The van der Waals surface area contributed by atoms with Crippen molar-refractivity contribution in [1.82, 2.24) is 0 Å². The van der Waals surface area contributed by atoms with E-state index in [1.807, 2.05) is 85.8 Å². The second kappa shape index (κ2) is 7.41. The van der Waals surface area contributed by atoms with Gasteiger partial charge in [-0.25, -0.2) is 0 Å². The summed E-state index contributed by atoms with van der Waals surface area (Å²) in [6, 6.07) is 23.9. The van der Waals surface area contributed by atoms with Crippen molar-refractivity contribution >= 4 is 38.1 Å². The summed E-state index contributed by atoms with van der Waals surface area (Å²) in [6.07, 6.45) is 3.51. The van der Waals surface area contributed by atoms with Crippen LogP contribution in [0.15, 0.2) is 89.4 Å². The van der Waals surface area contributed by atoms with Gasteiger partial charge in [0.2, 0.25) is 0 Å². The first-order valence-electron chi connectivity index (χ1n) is 7.78. The van der Waals surface area contributed by atoms with Gasteiger partial charge in [-0.15, -0.1) is 0 Å². The summed E-state index contributed by atoms with van der Waals surface area (Å²) in [5.41, 5.74) is 2.78. The van der Waals surface area contributed by atoms with Crippen LogP contribution in [0.25, 0.3) is 16.3 Å². The van der Waals surface area contributed by atoms with E-state index in [1.165, 1.54) is 0 Å². The average Bonchev–Trinajstić information content (AvgIpc) is 2.62. The Morgan fingerprint density at radius 1 is 0.792 bits per heavy atom. The van der Waals surface area contributed by atoms with Crippen molar-refractivity contribution in [3.05, 3.63) is 101 Å². The Bertz CT molecular complexity index is 932. The molecule has 0 heterocycles. The van der Waals surface area contributed by atoms with Crippen LogP contribution in [0.2, 0.25) is 0 Å². The van der Waals surface area contributed by atoms with Crippen LogP contribution in [0.5, 0.6) is 0 Å². The fourth-order valence-electron chi connectivity index (χ4n) is 2.63. The van der Waals surface area contributed by atoms with E-state index < -0.39 is 0 Å². The molecule has 24 heavy (non-hydrogen) atoms. The van der Waals surface area contributed by atoms with Crippen LogP contribution in [-0.4, -0.2) is 5.78 Å². The second-order valence-corrected chi connectivity index (χ2v) is 6.76. The van der Waals surface area contributed by atoms with Gasteiger partial charge in [-0.1, -0.05) is 82.7 Å². The van der Waals surface area contributed by atoms with Crippen LogP contribution in [0.3, 0.4) is 0 Å². The molecular weight excluding hydrogens is 360 g/mol. The number of halogens is 1. The summed E-state index contributed by atoms with van der Waals surface area (Å²) in [5, 5.41) is 2.21. The Hall–Kier alpha value is -2.45. The van der Waals surface area contributed by atoms with Crippen molar-refractivity contribution in [3.8, 4) is 0 Å². The normalized spacial score (nSPS) is 12.4. The lowest BCUT2D eigenvalue weighted by molar-refractivity contribution is 0.104. The summed E-state index contributed by atoms with van der Waals surface area (Å²) >= 11 is 3.53. The Morgan fingerprint density at radius 2 is 1.46 bits per heavy atom. The number of fused-ring (bicyclic) bond motifs is 1. The zero-order valence-corrected chi connectivity index (χ0v) is 15.0. The van der Waals surface area contributed by atoms with E-state index in [2.05, 4.69) is 15.9 Å². The monoisotopic (exact) mass is 376 g/mol. The van der Waals surface area contributed by atoms with Gasteiger partial charge < -0.3 is 0 Å². The number of carbonyl (C=O) groups is 1. The molecular formula is C22H17BrO. The van der Waals surface area contributed by atoms with Crippen LogP contribution < -0.4 is 0 Å². The first-order chi connectivity index (χ1) is 11.6. The Labute approximate surface area is 150 Å². The van der Waals surface area contributed by atoms with Crippen LogP contribution in [-0.2, 0) is 0 Å². The molecule has 0 aliphatic carbocycles. The molecule has 0 fully saturated rings. The summed E-state index contributed by atoms with van der Waals surface area (Å²) in [7, 11) is 0. The van der Waals surface area contributed by atoms with Crippen LogP contribution in [0, 0.1) is 0 Å². The lowest BCUT2D eigenvalue weighted by Crippen LogP contribution is -1.94. The third kappa shape index (κ3) is 3.72. The molecule has 0 aromatic heterocycles. The van der Waals surface area contributed by atoms with Gasteiger partial charge in [0.1, 0.15) is 0 Å². The van der Waals surface area contributed by atoms with Gasteiger partial charge in [-0.2, -0.15) is 0 Å². The topological polar surface area (TPSA) is 17.1 Å². The van der Waals surface area contributed by atoms with Crippen molar-refractivity contribution < 1.29 is 4.79 Å². The molecule has 3 aromatic carbocycles. The number of ketones is 1. The second-order valence-electron chi connectivity index (χ2n) is 5.57. The summed E-state index contributed by atoms with van der Waals surface area (Å²) < 4.78 is 0.997. The molecule has 3 aromatic rings. The smallest absolute Gasteiger partial charge is 0.185 e. The van der Waals surface area contributed by atoms with Crippen molar-refractivity contribution in [1.29, 1.82) is 0 Å². The standard InChI is InChI=1S/C22H17BrO/c1-16(23)21(18-8-3-2-4-9-18)13-14-22(24)20-12-11-17-7-5-6-10-19(17)15-20/h2-15H,1H3. The summed E-state index contributed by atoms with van der Waals surface area (Å²) in [5.74, 6) is 0.00272. The third-order valence-electron chi connectivity index (χ3n) is 3.89. The van der Waals surface area contributed by atoms with Gasteiger partial charge in [0.05, 0.1) is 0 Å². The van der Waals surface area contributed by atoms with Gasteiger partial charge in [-0.3, -0.25) is 4.79 Å². The first-order valence-corrected chi connectivity index (χ1v) is 8.57. The zero-order chi connectivity index (χ0) is 16.9. The number of benzene rings is 3. The lowest BCUT2D eigenvalue weighted by atomic mass is 10.0. The molecule has 0 amide bonds. The Balaban J connectivity index is 1.89. The molecule has 0 atom stereocenters. The van der Waals surface area contributed by atoms with Crippen molar-refractivity contribution in [3.63, 3.8) is 0 Å². The molecule has 0 unspecified atom stereocenters. The number of carbonyl (C=O) groups excluding carboxylic acids is 1. The summed E-state index contributed by atoms with van der Waals surface area (Å²) in [6.45, 7) is 1.98. The molecule has 2 heteroatoms. The average molecular weight is 377 g/mol. The molecule has 0 bridgehead atoms. The minimum atomic E-state index is 0.00272. The largest absolute Gasteiger partial charge is 0.289 e. The number of hydrogen-bond acceptors (Lipinski definition) is 1. The molecule has 0 radical (unpaired) electrons. The van der Waals surface area contributed by atoms with Crippen LogP contribution >= 0.6 is 15.9 Å². The predicted molar refractivity (Wildman–Crippen MR) is 105 cm³/mol. The van der Waals surface area contributed by atoms with E-state index in [1.54, 1.807) is 6.08 Å². The minimum absolute atomic E-state index is 0.00272. The highest BCUT2D eigenvalue weighted by Gasteiger charge is 2.05. The van der Waals surface area contributed by atoms with Crippen molar-refractivity contribution in [2.24, 2.45) is 0 Å². The highest BCUT2D eigenvalue weighted by molar-refractivity contribution is 9.11. The molecule has 0 spiro atoms. The zero-order valence-electron chi connectivity index (χ0n) is 13.4. The fourth-order valence-corrected chi connectivity index (χ4v) is 2.99. The van der Waals surface area contributed by atoms with E-state index in [0.717, 1.165) is 26.4 Å². The fraction of sp³-hybridized carbons (Fsp3) is 0.0455. The molecule has 0 aliphatic heterocycles. The highest BCUT2D eigenvalue weighted by Crippen LogP contribution is 2.24. The Kier molecular flexibility index (Phi) is 5.07. The Morgan fingerprint density at radius 3 is 2.17 bits per heavy atom. The number of rotatable bonds is 4. The van der Waals surface area contributed by atoms with Crippen LogP contribution in [0.4, 0.5) is 0 Å². The van der Waals surface area contributed by atoms with Crippen LogP contribution in [0.1, 0.15) is 22.8 Å². The maximum absolute atomic E-state index is 12.5. The van der Waals surface area contributed by atoms with Gasteiger partial charge in [-0.05, 0) is 51.5 Å². The molecule has 1 nitrogen and oxygen atoms in total. The lowest BCUT2D eigenvalue weighted by Gasteiger charge is -2.04. The third-order valence-corrected chi connectivity index (χ3v) is 4.32. The highest BCUT2D eigenvalue weighted by atomic mass is 79.9. The van der Waals surface area contributed by atoms with Crippen molar-refractivity contribution in [2.75, 3.05) is 0 Å². The molecule has 0 N–H and O–H groups in total. The van der Waals surface area contributed by atoms with E-state index in [0.29, 0.717) is 5.56 Å². The minimum Gasteiger partial charge on any atom is -0.289 e. The maximum atomic E-state index is 12.5. The number of allylic oxidation sites excluding steroid dienone is 4. The van der Waals surface area contributed by atoms with E-state index in [9.17, 15) is 4.79 Å². The molecule has 0 aliphatic rings. The van der Waals surface area contributed by atoms with Gasteiger partial charge in [0.25, 0.3) is 0 Å². The van der Waals surface area contributed by atoms with Gasteiger partial charge >= 0.3 is 0 Å². The number of hydrogen-bond donors (Lipinski definition) is 0. The quantitative estimate of drug-likeness (QED) is 0.292. The molecule has 118 valence electrons. The predicted octanol–water partition coefficient (Wildman–Crippen LogP) is 6.40. The SMILES string of the molecule is CC(Br)=C(C=CC(=O)c1ccc2ccccc2c1)c1ccccc1.